The summed E-state index contributed by atoms with van der Waals surface area (Å²) in [5.74, 6) is 0.220. The van der Waals surface area contributed by atoms with Crippen LogP contribution in [0, 0.1) is 0 Å². The lowest BCUT2D eigenvalue weighted by atomic mass is 10.1. The highest BCUT2D eigenvalue weighted by molar-refractivity contribution is 7.92. The zero-order chi connectivity index (χ0) is 19.1. The van der Waals surface area contributed by atoms with Gasteiger partial charge in [0.15, 0.2) is 0 Å². The number of anilines is 1. The second kappa shape index (κ2) is 6.31. The fourth-order valence-electron chi connectivity index (χ4n) is 2.80. The quantitative estimate of drug-likeness (QED) is 0.746. The summed E-state index contributed by atoms with van der Waals surface area (Å²) >= 11 is 0. The number of hydrogen-bond donors (Lipinski definition) is 0. The zero-order valence-electron chi connectivity index (χ0n) is 13.5. The molecule has 1 unspecified atom stereocenters. The maximum Gasteiger partial charge on any atom is 0.416 e. The molecule has 1 aromatic carbocycles. The zero-order valence-corrected chi connectivity index (χ0v) is 14.3. The average Bonchev–Trinajstić information content (AvgIpc) is 2.96. The van der Waals surface area contributed by atoms with E-state index in [-0.39, 0.29) is 25.4 Å². The second-order valence-electron chi connectivity index (χ2n) is 5.79. The van der Waals surface area contributed by atoms with E-state index in [1.807, 2.05) is 0 Å². The van der Waals surface area contributed by atoms with Gasteiger partial charge in [0, 0.05) is 5.56 Å². The van der Waals surface area contributed by atoms with Crippen LogP contribution < -0.4 is 4.31 Å². The predicted molar refractivity (Wildman–Crippen MR) is 85.8 cm³/mol. The molecule has 1 aliphatic rings. The van der Waals surface area contributed by atoms with Gasteiger partial charge in [-0.1, -0.05) is 12.1 Å². The molecule has 0 bridgehead atoms. The molecule has 1 atom stereocenters. The number of carbonyl (C=O) groups is 1. The van der Waals surface area contributed by atoms with E-state index in [0.717, 1.165) is 22.7 Å². The SMILES string of the molecule is CS(=O)(=O)N1CC(OC=O)Cn2ncc(-c3ccc(C(F)(F)F)cc3)c21. The first-order valence-electron chi connectivity index (χ1n) is 7.41. The molecule has 0 fully saturated rings. The standard InChI is InChI=1S/C15H14F3N3O4S/c1-26(23,24)21-8-12(25-9-22)7-20-14(21)13(6-19-20)10-2-4-11(5-3-10)15(16,17)18/h2-6,9,12H,7-8H2,1H3. The van der Waals surface area contributed by atoms with E-state index in [1.54, 1.807) is 0 Å². The van der Waals surface area contributed by atoms with E-state index in [9.17, 15) is 26.4 Å². The normalized spacial score (nSPS) is 17.7. The summed E-state index contributed by atoms with van der Waals surface area (Å²) in [6, 6.07) is 4.36. The number of carbonyl (C=O) groups excluding carboxylic acids is 1. The lowest BCUT2D eigenvalue weighted by Crippen LogP contribution is -2.45. The van der Waals surface area contributed by atoms with Gasteiger partial charge in [0.05, 0.1) is 31.1 Å². The lowest BCUT2D eigenvalue weighted by Gasteiger charge is -2.32. The number of hydrogen-bond acceptors (Lipinski definition) is 5. The van der Waals surface area contributed by atoms with E-state index in [2.05, 4.69) is 5.10 Å². The van der Waals surface area contributed by atoms with Crippen molar-refractivity contribution >= 4 is 22.3 Å². The van der Waals surface area contributed by atoms with Crippen molar-refractivity contribution in [1.29, 1.82) is 0 Å². The Morgan fingerprint density at radius 3 is 2.42 bits per heavy atom. The van der Waals surface area contributed by atoms with Crippen LogP contribution in [0.2, 0.25) is 0 Å². The third kappa shape index (κ3) is 3.39. The number of rotatable bonds is 4. The summed E-state index contributed by atoms with van der Waals surface area (Å²) in [5, 5.41) is 4.09. The van der Waals surface area contributed by atoms with Crippen LogP contribution in [0.15, 0.2) is 30.5 Å². The van der Waals surface area contributed by atoms with E-state index in [0.29, 0.717) is 11.1 Å². The third-order valence-corrected chi connectivity index (χ3v) is 5.09. The third-order valence-electron chi connectivity index (χ3n) is 3.97. The van der Waals surface area contributed by atoms with Gasteiger partial charge in [-0.3, -0.25) is 4.79 Å². The summed E-state index contributed by atoms with van der Waals surface area (Å²) in [5.41, 5.74) is -0.0435. The van der Waals surface area contributed by atoms with E-state index >= 15 is 0 Å². The van der Waals surface area contributed by atoms with Crippen LogP contribution in [0.4, 0.5) is 19.0 Å². The lowest BCUT2D eigenvalue weighted by molar-refractivity contribution is -0.137. The fourth-order valence-corrected chi connectivity index (χ4v) is 3.74. The molecule has 0 spiro atoms. The Bertz CT molecular complexity index is 923. The fraction of sp³-hybridized carbons (Fsp3) is 0.333. The van der Waals surface area contributed by atoms with Gasteiger partial charge in [-0.15, -0.1) is 0 Å². The minimum atomic E-state index is -4.46. The topological polar surface area (TPSA) is 81.5 Å². The van der Waals surface area contributed by atoms with Crippen LogP contribution in [0.1, 0.15) is 5.56 Å². The van der Waals surface area contributed by atoms with Crippen LogP contribution in [0.25, 0.3) is 11.1 Å². The Kier molecular flexibility index (Phi) is 4.42. The number of aromatic nitrogens is 2. The minimum absolute atomic E-state index is 0.100. The van der Waals surface area contributed by atoms with Gasteiger partial charge >= 0.3 is 6.18 Å². The van der Waals surface area contributed by atoms with Crippen LogP contribution in [-0.2, 0) is 32.3 Å². The maximum atomic E-state index is 12.7. The largest absolute Gasteiger partial charge is 0.461 e. The molecule has 2 heterocycles. The Hall–Kier alpha value is -2.56. The van der Waals surface area contributed by atoms with Gasteiger partial charge in [-0.2, -0.15) is 18.3 Å². The molecular weight excluding hydrogens is 375 g/mol. The summed E-state index contributed by atoms with van der Waals surface area (Å²) < 4.78 is 69.7. The molecular formula is C15H14F3N3O4S. The van der Waals surface area contributed by atoms with Gasteiger partial charge < -0.3 is 4.74 Å². The Balaban J connectivity index is 2.06. The number of sulfonamides is 1. The highest BCUT2D eigenvalue weighted by Gasteiger charge is 2.35. The number of halogens is 3. The summed E-state index contributed by atoms with van der Waals surface area (Å²) in [6.45, 7) is 0.272. The molecule has 0 saturated carbocycles. The van der Waals surface area contributed by atoms with Crippen molar-refractivity contribution in [3.8, 4) is 11.1 Å². The van der Waals surface area contributed by atoms with Crippen LogP contribution >= 0.6 is 0 Å². The molecule has 26 heavy (non-hydrogen) atoms. The van der Waals surface area contributed by atoms with E-state index in [1.165, 1.54) is 23.0 Å². The molecule has 140 valence electrons. The number of ether oxygens (including phenoxy) is 1. The van der Waals surface area contributed by atoms with E-state index < -0.39 is 27.9 Å². The van der Waals surface area contributed by atoms with Crippen molar-refractivity contribution in [2.75, 3.05) is 17.1 Å². The van der Waals surface area contributed by atoms with Crippen LogP contribution in [0.3, 0.4) is 0 Å². The smallest absolute Gasteiger partial charge is 0.416 e. The van der Waals surface area contributed by atoms with Crippen molar-refractivity contribution in [1.82, 2.24) is 9.78 Å². The van der Waals surface area contributed by atoms with Crippen molar-refractivity contribution < 1.29 is 31.1 Å². The Morgan fingerprint density at radius 2 is 1.88 bits per heavy atom. The monoisotopic (exact) mass is 389 g/mol. The Morgan fingerprint density at radius 1 is 1.23 bits per heavy atom. The van der Waals surface area contributed by atoms with Crippen molar-refractivity contribution in [3.05, 3.63) is 36.0 Å². The minimum Gasteiger partial charge on any atom is -0.461 e. The summed E-state index contributed by atoms with van der Waals surface area (Å²) in [4.78, 5) is 10.6. The van der Waals surface area contributed by atoms with Crippen molar-refractivity contribution in [2.24, 2.45) is 0 Å². The van der Waals surface area contributed by atoms with Crippen LogP contribution in [-0.4, -0.2) is 43.6 Å². The first-order valence-corrected chi connectivity index (χ1v) is 9.26. The van der Waals surface area contributed by atoms with Gasteiger partial charge in [-0.05, 0) is 17.7 Å². The second-order valence-corrected chi connectivity index (χ2v) is 7.69. The number of benzene rings is 1. The van der Waals surface area contributed by atoms with Gasteiger partial charge in [0.1, 0.15) is 11.9 Å². The van der Waals surface area contributed by atoms with Crippen molar-refractivity contribution in [2.45, 2.75) is 18.8 Å². The van der Waals surface area contributed by atoms with Crippen molar-refractivity contribution in [3.63, 3.8) is 0 Å². The molecule has 1 aliphatic heterocycles. The molecule has 7 nitrogen and oxygen atoms in total. The molecule has 0 aliphatic carbocycles. The predicted octanol–water partition coefficient (Wildman–Crippen LogP) is 1.89. The van der Waals surface area contributed by atoms with Gasteiger partial charge in [0.25, 0.3) is 6.47 Å². The maximum absolute atomic E-state index is 12.7. The molecule has 1 aromatic heterocycles. The Labute approximate surface area is 147 Å². The number of alkyl halides is 3. The molecule has 11 heteroatoms. The number of nitrogens with zero attached hydrogens (tertiary/aromatic N) is 3. The highest BCUT2D eigenvalue weighted by atomic mass is 32.2. The molecule has 0 amide bonds. The summed E-state index contributed by atoms with van der Waals surface area (Å²) in [7, 11) is -3.73. The first-order chi connectivity index (χ1) is 12.1. The van der Waals surface area contributed by atoms with Gasteiger partial charge in [-0.25, -0.2) is 17.4 Å². The first kappa shape index (κ1) is 18.2. The molecule has 0 N–H and O–H groups in total. The van der Waals surface area contributed by atoms with E-state index in [4.69, 9.17) is 4.74 Å². The molecule has 0 radical (unpaired) electrons. The van der Waals surface area contributed by atoms with Gasteiger partial charge in [0.2, 0.25) is 10.0 Å². The molecule has 0 saturated heterocycles. The highest BCUT2D eigenvalue weighted by Crippen LogP contribution is 2.37. The molecule has 2 aromatic rings. The summed E-state index contributed by atoms with van der Waals surface area (Å²) in [6.07, 6.45) is -2.81. The average molecular weight is 389 g/mol. The number of fused-ring (bicyclic) bond motifs is 1. The van der Waals surface area contributed by atoms with Crippen LogP contribution in [0.5, 0.6) is 0 Å². The molecule has 3 rings (SSSR count).